The second-order valence-electron chi connectivity index (χ2n) is 5.58. The van der Waals surface area contributed by atoms with E-state index in [0.717, 1.165) is 0 Å². The first-order valence-corrected chi connectivity index (χ1v) is 7.05. The van der Waals surface area contributed by atoms with Crippen molar-refractivity contribution >= 4 is 23.1 Å². The Labute approximate surface area is 113 Å². The standard InChI is InChI=1S/C11H17N5O2S/c1-10(2,3)19(18)13-6-8-7-16(15-14-8)11(4-5-11)9(12)17/h6-7H,4-5H2,1-3H3,(H2,12,17)/b13-6+. The van der Waals surface area contributed by atoms with Gasteiger partial charge >= 0.3 is 0 Å². The van der Waals surface area contributed by atoms with Crippen molar-refractivity contribution in [1.29, 1.82) is 0 Å². The van der Waals surface area contributed by atoms with Crippen LogP contribution < -0.4 is 5.73 Å². The number of aromatic nitrogens is 3. The van der Waals surface area contributed by atoms with Gasteiger partial charge in [0.15, 0.2) is 0 Å². The van der Waals surface area contributed by atoms with E-state index in [2.05, 4.69) is 14.7 Å². The molecule has 2 N–H and O–H groups in total. The fourth-order valence-corrected chi connectivity index (χ4v) is 2.03. The summed E-state index contributed by atoms with van der Waals surface area (Å²) in [5.41, 5.74) is 5.09. The van der Waals surface area contributed by atoms with Crippen molar-refractivity contribution in [2.24, 2.45) is 10.1 Å². The Bertz CT molecular complexity index is 554. The lowest BCUT2D eigenvalue weighted by molar-refractivity contribution is -0.122. The number of rotatable bonds is 4. The van der Waals surface area contributed by atoms with E-state index in [-0.39, 0.29) is 0 Å². The number of nitrogens with zero attached hydrogens (tertiary/aromatic N) is 4. The molecule has 0 aromatic carbocycles. The molecule has 1 aromatic heterocycles. The smallest absolute Gasteiger partial charge is 0.245 e. The third-order valence-electron chi connectivity index (χ3n) is 2.94. The van der Waals surface area contributed by atoms with E-state index in [1.165, 1.54) is 10.9 Å². The maximum Gasteiger partial charge on any atom is 0.245 e. The first kappa shape index (κ1) is 13.9. The normalized spacial score (nSPS) is 19.5. The second kappa shape index (κ2) is 4.52. The number of carbonyl (C=O) groups excluding carboxylic acids is 1. The molecule has 2 rings (SSSR count). The lowest BCUT2D eigenvalue weighted by atomic mass is 10.2. The highest BCUT2D eigenvalue weighted by Gasteiger charge is 2.51. The van der Waals surface area contributed by atoms with Crippen LogP contribution in [0.2, 0.25) is 0 Å². The quantitative estimate of drug-likeness (QED) is 0.793. The van der Waals surface area contributed by atoms with Crippen molar-refractivity contribution < 1.29 is 9.00 Å². The Morgan fingerprint density at radius 3 is 2.68 bits per heavy atom. The van der Waals surface area contributed by atoms with Crippen molar-refractivity contribution in [1.82, 2.24) is 15.0 Å². The van der Waals surface area contributed by atoms with Crippen molar-refractivity contribution in [2.75, 3.05) is 0 Å². The molecule has 0 saturated heterocycles. The van der Waals surface area contributed by atoms with Gasteiger partial charge in [-0.25, -0.2) is 8.89 Å². The summed E-state index contributed by atoms with van der Waals surface area (Å²) in [5, 5.41) is 7.77. The monoisotopic (exact) mass is 283 g/mol. The van der Waals surface area contributed by atoms with E-state index >= 15 is 0 Å². The predicted molar refractivity (Wildman–Crippen MR) is 71.9 cm³/mol. The van der Waals surface area contributed by atoms with Gasteiger partial charge in [-0.2, -0.15) is 4.40 Å². The molecule has 1 amide bonds. The minimum atomic E-state index is -1.34. The third-order valence-corrected chi connectivity index (χ3v) is 4.28. The SMILES string of the molecule is CC(C)(C)S(=O)/N=C/c1cn(C2(C(N)=O)CC2)nn1. The minimum absolute atomic E-state index is 0.404. The molecular weight excluding hydrogens is 266 g/mol. The Morgan fingerprint density at radius 2 is 2.21 bits per heavy atom. The van der Waals surface area contributed by atoms with Crippen LogP contribution in [0.5, 0.6) is 0 Å². The fourth-order valence-electron chi connectivity index (χ4n) is 1.51. The number of carbonyl (C=O) groups is 1. The van der Waals surface area contributed by atoms with Crippen LogP contribution in [0, 0.1) is 0 Å². The molecule has 8 heteroatoms. The summed E-state index contributed by atoms with van der Waals surface area (Å²) in [6.45, 7) is 5.51. The highest BCUT2D eigenvalue weighted by molar-refractivity contribution is 7.85. The van der Waals surface area contributed by atoms with Gasteiger partial charge in [0, 0.05) is 0 Å². The van der Waals surface area contributed by atoms with E-state index in [0.29, 0.717) is 18.5 Å². The van der Waals surface area contributed by atoms with Gasteiger partial charge in [0.1, 0.15) is 22.2 Å². The average molecular weight is 283 g/mol. The summed E-state index contributed by atoms with van der Waals surface area (Å²) in [4.78, 5) is 11.3. The van der Waals surface area contributed by atoms with Crippen molar-refractivity contribution in [3.63, 3.8) is 0 Å². The molecule has 1 aliphatic rings. The molecule has 1 unspecified atom stereocenters. The van der Waals surface area contributed by atoms with Crippen LogP contribution in [0.3, 0.4) is 0 Å². The summed E-state index contributed by atoms with van der Waals surface area (Å²) < 4.78 is 16.7. The van der Waals surface area contributed by atoms with E-state index in [1.54, 1.807) is 6.20 Å². The zero-order valence-electron chi connectivity index (χ0n) is 11.2. The first-order valence-electron chi connectivity index (χ1n) is 5.94. The van der Waals surface area contributed by atoms with Gasteiger partial charge in [-0.05, 0) is 33.6 Å². The second-order valence-corrected chi connectivity index (χ2v) is 7.51. The number of primary amides is 1. The Balaban J connectivity index is 2.13. The fraction of sp³-hybridized carbons (Fsp3) is 0.636. The van der Waals surface area contributed by atoms with Crippen molar-refractivity contribution in [3.8, 4) is 0 Å². The Kier molecular flexibility index (Phi) is 3.29. The molecule has 1 aromatic rings. The molecule has 7 nitrogen and oxygen atoms in total. The zero-order valence-corrected chi connectivity index (χ0v) is 12.0. The highest BCUT2D eigenvalue weighted by atomic mass is 32.2. The molecule has 0 spiro atoms. The number of nitrogens with two attached hydrogens (primary N) is 1. The molecule has 0 radical (unpaired) electrons. The molecule has 0 bridgehead atoms. The summed E-state index contributed by atoms with van der Waals surface area (Å²) >= 11 is 0. The van der Waals surface area contributed by atoms with Crippen LogP contribution in [-0.2, 0) is 21.3 Å². The van der Waals surface area contributed by atoms with Crippen LogP contribution in [0.1, 0.15) is 39.3 Å². The van der Waals surface area contributed by atoms with E-state index in [1.807, 2.05) is 20.8 Å². The predicted octanol–water partition coefficient (Wildman–Crippen LogP) is 0.134. The van der Waals surface area contributed by atoms with Gasteiger partial charge in [0.2, 0.25) is 5.91 Å². The lowest BCUT2D eigenvalue weighted by Crippen LogP contribution is -2.34. The van der Waals surface area contributed by atoms with E-state index in [9.17, 15) is 9.00 Å². The maximum absolute atomic E-state index is 11.7. The number of hydrogen-bond donors (Lipinski definition) is 1. The van der Waals surface area contributed by atoms with Gasteiger partial charge in [-0.3, -0.25) is 4.79 Å². The Hall–Kier alpha value is -1.57. The van der Waals surface area contributed by atoms with Crippen LogP contribution in [0.25, 0.3) is 0 Å². The first-order chi connectivity index (χ1) is 8.75. The minimum Gasteiger partial charge on any atom is -0.368 e. The summed E-state index contributed by atoms with van der Waals surface area (Å²) in [7, 11) is -1.34. The molecule has 104 valence electrons. The van der Waals surface area contributed by atoms with Crippen molar-refractivity contribution in [2.45, 2.75) is 43.9 Å². The topological polar surface area (TPSA) is 103 Å². The third kappa shape index (κ3) is 2.73. The highest BCUT2D eigenvalue weighted by Crippen LogP contribution is 2.42. The molecule has 1 saturated carbocycles. The van der Waals surface area contributed by atoms with Crippen LogP contribution >= 0.6 is 0 Å². The summed E-state index contributed by atoms with van der Waals surface area (Å²) in [6.07, 6.45) is 4.36. The average Bonchev–Trinajstić information content (AvgIpc) is 2.99. The lowest BCUT2D eigenvalue weighted by Gasteiger charge is -2.12. The number of hydrogen-bond acceptors (Lipinski definition) is 4. The van der Waals surface area contributed by atoms with Gasteiger partial charge in [-0.1, -0.05) is 5.21 Å². The molecule has 1 heterocycles. The van der Waals surface area contributed by atoms with Gasteiger partial charge < -0.3 is 5.73 Å². The summed E-state index contributed by atoms with van der Waals surface area (Å²) in [5.74, 6) is -0.404. The van der Waals surface area contributed by atoms with Crippen LogP contribution in [-0.4, -0.2) is 36.1 Å². The van der Waals surface area contributed by atoms with Crippen LogP contribution in [0.15, 0.2) is 10.6 Å². The maximum atomic E-state index is 11.7. The molecule has 1 atom stereocenters. The van der Waals surface area contributed by atoms with Crippen LogP contribution in [0.4, 0.5) is 0 Å². The zero-order chi connectivity index (χ0) is 14.3. The Morgan fingerprint density at radius 1 is 1.58 bits per heavy atom. The summed E-state index contributed by atoms with van der Waals surface area (Å²) in [6, 6.07) is 0. The number of amides is 1. The van der Waals surface area contributed by atoms with Gasteiger partial charge in [0.05, 0.1) is 17.2 Å². The molecule has 1 aliphatic carbocycles. The van der Waals surface area contributed by atoms with Gasteiger partial charge in [-0.15, -0.1) is 5.10 Å². The van der Waals surface area contributed by atoms with E-state index < -0.39 is 27.2 Å². The largest absolute Gasteiger partial charge is 0.368 e. The van der Waals surface area contributed by atoms with Gasteiger partial charge in [0.25, 0.3) is 0 Å². The van der Waals surface area contributed by atoms with E-state index in [4.69, 9.17) is 5.73 Å². The molecule has 0 aliphatic heterocycles. The molecular formula is C11H17N5O2S. The molecule has 19 heavy (non-hydrogen) atoms. The molecule has 1 fully saturated rings. The van der Waals surface area contributed by atoms with Crippen molar-refractivity contribution in [3.05, 3.63) is 11.9 Å².